The number of hydrogen-bond acceptors (Lipinski definition) is 6. The minimum atomic E-state index is -0.109. The van der Waals surface area contributed by atoms with Crippen LogP contribution in [0.25, 0.3) is 0 Å². The number of aryl methyl sites for hydroxylation is 1. The van der Waals surface area contributed by atoms with Crippen LogP contribution in [0.1, 0.15) is 24.5 Å². The third kappa shape index (κ3) is 6.88. The molecule has 0 saturated carbocycles. The number of amides is 2. The van der Waals surface area contributed by atoms with Crippen LogP contribution < -0.4 is 14.8 Å². The smallest absolute Gasteiger partial charge is 0.239 e. The van der Waals surface area contributed by atoms with Gasteiger partial charge < -0.3 is 19.7 Å². The third-order valence-electron chi connectivity index (χ3n) is 5.44. The van der Waals surface area contributed by atoms with Crippen LogP contribution in [0.3, 0.4) is 0 Å². The van der Waals surface area contributed by atoms with Crippen molar-refractivity contribution in [2.45, 2.75) is 26.8 Å². The van der Waals surface area contributed by atoms with Crippen molar-refractivity contribution in [1.82, 2.24) is 20.0 Å². The highest BCUT2D eigenvalue weighted by Gasteiger charge is 2.22. The number of benzene rings is 1. The van der Waals surface area contributed by atoms with E-state index in [2.05, 4.69) is 22.0 Å². The number of hydrogen-bond donors (Lipinski definition) is 1. The van der Waals surface area contributed by atoms with E-state index in [1.165, 1.54) is 16.0 Å². The van der Waals surface area contributed by atoms with E-state index >= 15 is 0 Å². The van der Waals surface area contributed by atoms with Crippen molar-refractivity contribution in [1.29, 1.82) is 0 Å². The number of nitrogens with one attached hydrogen (secondary N) is 1. The number of methoxy groups -OCH3 is 2. The summed E-state index contributed by atoms with van der Waals surface area (Å²) < 4.78 is 10.8. The normalized spacial score (nSPS) is 15.0. The Balaban J connectivity index is 1.81. The van der Waals surface area contributed by atoms with E-state index in [4.69, 9.17) is 9.47 Å². The Kier molecular flexibility index (Phi) is 9.39. The molecule has 1 aromatic carbocycles. The van der Waals surface area contributed by atoms with Crippen LogP contribution in [0.5, 0.6) is 11.5 Å². The zero-order valence-electron chi connectivity index (χ0n) is 19.0. The molecule has 0 aromatic heterocycles. The molecule has 0 atom stereocenters. The fraction of sp³-hybridized carbons (Fsp3) is 0.636. The summed E-state index contributed by atoms with van der Waals surface area (Å²) in [4.78, 5) is 30.3. The van der Waals surface area contributed by atoms with Crippen LogP contribution in [0.4, 0.5) is 0 Å². The van der Waals surface area contributed by atoms with E-state index in [0.717, 1.165) is 50.6 Å². The molecular weight excluding hydrogens is 384 g/mol. The molecule has 0 bridgehead atoms. The Morgan fingerprint density at radius 3 is 2.27 bits per heavy atom. The third-order valence-corrected chi connectivity index (χ3v) is 5.44. The highest BCUT2D eigenvalue weighted by Crippen LogP contribution is 2.30. The summed E-state index contributed by atoms with van der Waals surface area (Å²) in [7, 11) is 4.98. The maximum atomic E-state index is 12.4. The van der Waals surface area contributed by atoms with Crippen molar-refractivity contribution in [3.63, 3.8) is 0 Å². The van der Waals surface area contributed by atoms with Crippen LogP contribution >= 0.6 is 0 Å². The van der Waals surface area contributed by atoms with Gasteiger partial charge in [0.1, 0.15) is 0 Å². The molecule has 0 spiro atoms. The molecule has 30 heavy (non-hydrogen) atoms. The number of piperazine rings is 1. The lowest BCUT2D eigenvalue weighted by molar-refractivity contribution is -0.136. The largest absolute Gasteiger partial charge is 0.493 e. The molecule has 0 aliphatic carbocycles. The molecule has 1 saturated heterocycles. The molecule has 1 fully saturated rings. The number of carbonyl (C=O) groups excluding carboxylic acids is 2. The van der Waals surface area contributed by atoms with Gasteiger partial charge in [-0.1, -0.05) is 6.92 Å². The Hall–Kier alpha value is -2.32. The van der Waals surface area contributed by atoms with Gasteiger partial charge in [-0.05, 0) is 36.6 Å². The molecule has 1 N–H and O–H groups in total. The molecule has 0 unspecified atom stereocenters. The summed E-state index contributed by atoms with van der Waals surface area (Å²) in [6.45, 7) is 9.46. The average molecular weight is 421 g/mol. The van der Waals surface area contributed by atoms with E-state index in [0.29, 0.717) is 13.1 Å². The summed E-state index contributed by atoms with van der Waals surface area (Å²) in [5, 5.41) is 2.80. The summed E-state index contributed by atoms with van der Waals surface area (Å²) in [5.41, 5.74) is 2.39. The zero-order chi connectivity index (χ0) is 22.1. The van der Waals surface area contributed by atoms with E-state index in [9.17, 15) is 9.59 Å². The van der Waals surface area contributed by atoms with Crippen molar-refractivity contribution >= 4 is 11.8 Å². The maximum Gasteiger partial charge on any atom is 0.239 e. The molecule has 1 heterocycles. The van der Waals surface area contributed by atoms with Crippen LogP contribution in [0.2, 0.25) is 0 Å². The van der Waals surface area contributed by atoms with Crippen molar-refractivity contribution < 1.29 is 19.1 Å². The summed E-state index contributed by atoms with van der Waals surface area (Å²) in [5.74, 6) is 1.36. The van der Waals surface area contributed by atoms with Gasteiger partial charge in [0, 0.05) is 46.3 Å². The van der Waals surface area contributed by atoms with Crippen molar-refractivity contribution in [2.75, 3.05) is 67.1 Å². The van der Waals surface area contributed by atoms with Crippen LogP contribution in [0.15, 0.2) is 12.1 Å². The number of likely N-dealkylation sites (N-methyl/N-ethyl adjacent to an activating group) is 1. The Morgan fingerprint density at radius 1 is 1.07 bits per heavy atom. The first kappa shape index (κ1) is 24.0. The number of carbonyl (C=O) groups is 2. The van der Waals surface area contributed by atoms with Gasteiger partial charge in [0.15, 0.2) is 11.5 Å². The lowest BCUT2D eigenvalue weighted by Gasteiger charge is -2.35. The number of rotatable bonds is 10. The molecule has 8 nitrogen and oxygen atoms in total. The van der Waals surface area contributed by atoms with Gasteiger partial charge in [0.05, 0.1) is 27.3 Å². The molecule has 2 rings (SSSR count). The monoisotopic (exact) mass is 420 g/mol. The zero-order valence-corrected chi connectivity index (χ0v) is 19.0. The highest BCUT2D eigenvalue weighted by molar-refractivity contribution is 5.85. The molecule has 1 aromatic rings. The Labute approximate surface area is 180 Å². The second-order valence-electron chi connectivity index (χ2n) is 7.79. The van der Waals surface area contributed by atoms with E-state index in [-0.39, 0.29) is 18.4 Å². The first-order valence-electron chi connectivity index (χ1n) is 10.5. The van der Waals surface area contributed by atoms with Crippen molar-refractivity contribution in [3.05, 3.63) is 23.3 Å². The lowest BCUT2D eigenvalue weighted by atomic mass is 10.1. The SMILES string of the molecule is CCCNC(=O)CN(C)C(=O)CN1CCN(Cc2cc(OC)c(OC)cc2C)CC1. The predicted molar refractivity (Wildman–Crippen MR) is 117 cm³/mol. The van der Waals surface area contributed by atoms with Gasteiger partial charge in [0.2, 0.25) is 11.8 Å². The molecule has 0 radical (unpaired) electrons. The van der Waals surface area contributed by atoms with Crippen LogP contribution in [-0.2, 0) is 16.1 Å². The van der Waals surface area contributed by atoms with Gasteiger partial charge in [-0.3, -0.25) is 19.4 Å². The van der Waals surface area contributed by atoms with E-state index in [1.54, 1.807) is 21.3 Å². The maximum absolute atomic E-state index is 12.4. The Bertz CT molecular complexity index is 717. The van der Waals surface area contributed by atoms with E-state index < -0.39 is 0 Å². The molecule has 168 valence electrons. The first-order chi connectivity index (χ1) is 14.4. The van der Waals surface area contributed by atoms with Gasteiger partial charge in [0.25, 0.3) is 0 Å². The highest BCUT2D eigenvalue weighted by atomic mass is 16.5. The molecule has 1 aliphatic heterocycles. The summed E-state index contributed by atoms with van der Waals surface area (Å²) in [6.07, 6.45) is 0.885. The quantitative estimate of drug-likeness (QED) is 0.611. The summed E-state index contributed by atoms with van der Waals surface area (Å²) in [6, 6.07) is 4.05. The predicted octanol–water partition coefficient (Wildman–Crippen LogP) is 1.11. The van der Waals surface area contributed by atoms with Crippen molar-refractivity contribution in [2.24, 2.45) is 0 Å². The van der Waals surface area contributed by atoms with Gasteiger partial charge >= 0.3 is 0 Å². The molecule has 8 heteroatoms. The average Bonchev–Trinajstić information content (AvgIpc) is 2.74. The van der Waals surface area contributed by atoms with Crippen LogP contribution in [-0.4, -0.2) is 93.6 Å². The van der Waals surface area contributed by atoms with Gasteiger partial charge in [-0.25, -0.2) is 0 Å². The second-order valence-corrected chi connectivity index (χ2v) is 7.79. The topological polar surface area (TPSA) is 74.4 Å². The molecule has 1 aliphatic rings. The summed E-state index contributed by atoms with van der Waals surface area (Å²) >= 11 is 0. The standard InChI is InChI=1S/C22H36N4O4/c1-6-7-23-21(27)15-24(3)22(28)16-26-10-8-25(9-11-26)14-18-13-20(30-5)19(29-4)12-17(18)2/h12-13H,6-11,14-16H2,1-5H3,(H,23,27). The van der Waals surface area contributed by atoms with E-state index in [1.807, 2.05) is 19.1 Å². The van der Waals surface area contributed by atoms with Crippen molar-refractivity contribution in [3.8, 4) is 11.5 Å². The minimum absolute atomic E-state index is 0.0224. The fourth-order valence-corrected chi connectivity index (χ4v) is 3.48. The van der Waals surface area contributed by atoms with Crippen LogP contribution in [0, 0.1) is 6.92 Å². The molecule has 2 amide bonds. The van der Waals surface area contributed by atoms with Gasteiger partial charge in [-0.2, -0.15) is 0 Å². The second kappa shape index (κ2) is 11.8. The minimum Gasteiger partial charge on any atom is -0.493 e. The van der Waals surface area contributed by atoms with Gasteiger partial charge in [-0.15, -0.1) is 0 Å². The number of nitrogens with zero attached hydrogens (tertiary/aromatic N) is 3. The number of ether oxygens (including phenoxy) is 2. The lowest BCUT2D eigenvalue weighted by Crippen LogP contribution is -2.50. The Morgan fingerprint density at radius 2 is 1.67 bits per heavy atom. The first-order valence-corrected chi connectivity index (χ1v) is 10.5. The molecular formula is C22H36N4O4. The fourth-order valence-electron chi connectivity index (χ4n) is 3.48.